The van der Waals surface area contributed by atoms with Gasteiger partial charge in [-0.3, -0.25) is 4.79 Å². The number of aliphatic carboxylic acids is 1. The normalized spacial score (nSPS) is 16.6. The van der Waals surface area contributed by atoms with Gasteiger partial charge >= 0.3 is 5.97 Å². The van der Waals surface area contributed by atoms with E-state index in [-0.39, 0.29) is 12.2 Å². The van der Waals surface area contributed by atoms with Crippen LogP contribution in [0.4, 0.5) is 0 Å². The fourth-order valence-corrected chi connectivity index (χ4v) is 2.23. The molecule has 3 heteroatoms. The molecule has 0 aliphatic heterocycles. The zero-order valence-corrected chi connectivity index (χ0v) is 11.7. The number of hydrogen-bond acceptors (Lipinski definition) is 2. The molecule has 0 fully saturated rings. The smallest absolute Gasteiger partial charge is 0.303 e. The zero-order valence-electron chi connectivity index (χ0n) is 11.7. The molecule has 0 amide bonds. The molecule has 0 spiro atoms. The van der Waals surface area contributed by atoms with Crippen molar-refractivity contribution >= 4 is 5.97 Å². The molecule has 1 aliphatic carbocycles. The average molecular weight is 263 g/mol. The summed E-state index contributed by atoms with van der Waals surface area (Å²) in [6.07, 6.45) is 12.6. The lowest BCUT2D eigenvalue weighted by Gasteiger charge is -2.16. The van der Waals surface area contributed by atoms with Gasteiger partial charge in [0, 0.05) is 6.42 Å². The van der Waals surface area contributed by atoms with Gasteiger partial charge in [-0.05, 0) is 30.9 Å². The average Bonchev–Trinajstić information content (AvgIpc) is 2.78. The van der Waals surface area contributed by atoms with E-state index in [2.05, 4.69) is 0 Å². The van der Waals surface area contributed by atoms with Crippen molar-refractivity contribution in [2.24, 2.45) is 0 Å². The Bertz CT molecular complexity index is 389. The van der Waals surface area contributed by atoms with Crippen molar-refractivity contribution in [3.05, 3.63) is 35.1 Å². The van der Waals surface area contributed by atoms with Crippen molar-refractivity contribution < 1.29 is 15.0 Å². The highest BCUT2D eigenvalue weighted by Crippen LogP contribution is 2.22. The first-order valence-corrected chi connectivity index (χ1v) is 7.08. The van der Waals surface area contributed by atoms with Crippen molar-refractivity contribution in [1.82, 2.24) is 0 Å². The van der Waals surface area contributed by atoms with Crippen molar-refractivity contribution in [2.45, 2.75) is 58.3 Å². The molecule has 106 valence electrons. The fraction of sp³-hybridized carbons (Fsp3) is 0.562. The van der Waals surface area contributed by atoms with Crippen molar-refractivity contribution in [3.8, 4) is 0 Å². The van der Waals surface area contributed by atoms with Crippen LogP contribution in [0.25, 0.3) is 0 Å². The second-order valence-corrected chi connectivity index (χ2v) is 5.06. The van der Waals surface area contributed by atoms with Crippen LogP contribution in [0.1, 0.15) is 58.3 Å². The number of unbranched alkanes of at least 4 members (excludes halogenated alkanes) is 5. The summed E-state index contributed by atoms with van der Waals surface area (Å²) in [6.45, 7) is 1.97. The van der Waals surface area contributed by atoms with Gasteiger partial charge in [0.25, 0.3) is 0 Å². The van der Waals surface area contributed by atoms with Crippen LogP contribution in [0.3, 0.4) is 0 Å². The summed E-state index contributed by atoms with van der Waals surface area (Å²) in [4.78, 5) is 10.3. The molecule has 0 radical (unpaired) electrons. The summed E-state index contributed by atoms with van der Waals surface area (Å²) in [5, 5.41) is 20.4. The van der Waals surface area contributed by atoms with Gasteiger partial charge in [0.15, 0.2) is 0 Å². The van der Waals surface area contributed by atoms with Gasteiger partial charge in [-0.25, -0.2) is 0 Å². The molecule has 1 rings (SSSR count). The van der Waals surface area contributed by atoms with Crippen molar-refractivity contribution in [1.29, 1.82) is 0 Å². The molecule has 0 bridgehead atoms. The summed E-state index contributed by atoms with van der Waals surface area (Å²) < 4.78 is 0. The van der Waals surface area contributed by atoms with Crippen molar-refractivity contribution in [2.75, 3.05) is 0 Å². The lowest BCUT2D eigenvalue weighted by Crippen LogP contribution is -2.07. The molecule has 0 aromatic rings. The molecule has 3 nitrogen and oxygen atoms in total. The Kier molecular flexibility index (Phi) is 7.01. The number of carboxylic acid groups (broad SMARTS) is 1. The van der Waals surface area contributed by atoms with Gasteiger partial charge in [-0.1, -0.05) is 50.3 Å². The SMILES string of the molecule is CC1=CC=CC1=C([O-])CCCCCCCCC(=O)O. The van der Waals surface area contributed by atoms with E-state index in [1.807, 2.05) is 25.2 Å². The Labute approximate surface area is 115 Å². The highest BCUT2D eigenvalue weighted by Gasteiger charge is 2.02. The minimum absolute atomic E-state index is 0.244. The van der Waals surface area contributed by atoms with Crippen LogP contribution >= 0.6 is 0 Å². The summed E-state index contributed by atoms with van der Waals surface area (Å²) in [5.74, 6) is -0.468. The largest absolute Gasteiger partial charge is 0.875 e. The molecule has 0 saturated carbocycles. The van der Waals surface area contributed by atoms with E-state index < -0.39 is 5.97 Å². The number of carboxylic acids is 1. The molecule has 0 atom stereocenters. The van der Waals surface area contributed by atoms with Crippen LogP contribution in [0.5, 0.6) is 0 Å². The van der Waals surface area contributed by atoms with Crippen LogP contribution < -0.4 is 5.11 Å². The van der Waals surface area contributed by atoms with Gasteiger partial charge in [-0.2, -0.15) is 0 Å². The van der Waals surface area contributed by atoms with E-state index in [0.29, 0.717) is 6.42 Å². The zero-order chi connectivity index (χ0) is 14.1. The third-order valence-electron chi connectivity index (χ3n) is 3.38. The van der Waals surface area contributed by atoms with E-state index >= 15 is 0 Å². The van der Waals surface area contributed by atoms with E-state index in [0.717, 1.165) is 49.7 Å². The Morgan fingerprint density at radius 3 is 2.21 bits per heavy atom. The molecule has 0 unspecified atom stereocenters. The second-order valence-electron chi connectivity index (χ2n) is 5.06. The highest BCUT2D eigenvalue weighted by molar-refractivity contribution is 5.66. The van der Waals surface area contributed by atoms with Crippen LogP contribution in [-0.4, -0.2) is 11.1 Å². The van der Waals surface area contributed by atoms with E-state index in [1.54, 1.807) is 0 Å². The van der Waals surface area contributed by atoms with Crippen molar-refractivity contribution in [3.63, 3.8) is 0 Å². The van der Waals surface area contributed by atoms with Gasteiger partial charge in [0.1, 0.15) is 0 Å². The highest BCUT2D eigenvalue weighted by atomic mass is 16.4. The Hall–Kier alpha value is -1.51. The molecule has 0 aromatic carbocycles. The van der Waals surface area contributed by atoms with E-state index in [1.165, 1.54) is 0 Å². The lowest BCUT2D eigenvalue weighted by molar-refractivity contribution is -0.307. The number of allylic oxidation sites excluding steroid dienone is 6. The summed E-state index contributed by atoms with van der Waals surface area (Å²) in [7, 11) is 0. The summed E-state index contributed by atoms with van der Waals surface area (Å²) in [5.41, 5.74) is 1.93. The summed E-state index contributed by atoms with van der Waals surface area (Å²) in [6, 6.07) is 0. The van der Waals surface area contributed by atoms with Gasteiger partial charge in [0.05, 0.1) is 0 Å². The molecule has 1 aliphatic rings. The molecule has 0 aromatic heterocycles. The standard InChI is InChI=1S/C16H24O3/c1-13-9-8-10-14(13)15(17)11-6-4-2-3-5-7-12-16(18)19/h8-10,17H,2-7,11-12H2,1H3,(H,18,19)/p-1. The van der Waals surface area contributed by atoms with Crippen LogP contribution in [-0.2, 0) is 4.79 Å². The lowest BCUT2D eigenvalue weighted by atomic mass is 10.0. The third kappa shape index (κ3) is 6.27. The molecule has 0 saturated heterocycles. The number of rotatable bonds is 9. The van der Waals surface area contributed by atoms with E-state index in [4.69, 9.17) is 5.11 Å². The first-order chi connectivity index (χ1) is 9.11. The Morgan fingerprint density at radius 2 is 1.68 bits per heavy atom. The Balaban J connectivity index is 2.04. The van der Waals surface area contributed by atoms with Crippen LogP contribution in [0.2, 0.25) is 0 Å². The predicted molar refractivity (Wildman–Crippen MR) is 74.5 cm³/mol. The van der Waals surface area contributed by atoms with Crippen LogP contribution in [0, 0.1) is 0 Å². The third-order valence-corrected chi connectivity index (χ3v) is 3.38. The Morgan fingerprint density at radius 1 is 1.11 bits per heavy atom. The monoisotopic (exact) mass is 263 g/mol. The molecule has 1 N–H and O–H groups in total. The molecule has 19 heavy (non-hydrogen) atoms. The quantitative estimate of drug-likeness (QED) is 0.512. The number of carbonyl (C=O) groups is 1. The minimum atomic E-state index is -0.712. The predicted octanol–water partition coefficient (Wildman–Crippen LogP) is 3.32. The maximum atomic E-state index is 11.9. The maximum absolute atomic E-state index is 11.9. The topological polar surface area (TPSA) is 60.4 Å². The molecular weight excluding hydrogens is 240 g/mol. The molecule has 0 heterocycles. The van der Waals surface area contributed by atoms with Crippen LogP contribution in [0.15, 0.2) is 35.1 Å². The maximum Gasteiger partial charge on any atom is 0.303 e. The summed E-state index contributed by atoms with van der Waals surface area (Å²) >= 11 is 0. The van der Waals surface area contributed by atoms with Gasteiger partial charge in [0.2, 0.25) is 0 Å². The van der Waals surface area contributed by atoms with E-state index in [9.17, 15) is 9.90 Å². The number of hydrogen-bond donors (Lipinski definition) is 1. The van der Waals surface area contributed by atoms with Gasteiger partial charge < -0.3 is 10.2 Å². The van der Waals surface area contributed by atoms with Gasteiger partial charge in [-0.15, -0.1) is 5.76 Å². The molecular formula is C16H23O3-. The first kappa shape index (κ1) is 15.5. The minimum Gasteiger partial charge on any atom is -0.875 e. The fourth-order valence-electron chi connectivity index (χ4n) is 2.23. The first-order valence-electron chi connectivity index (χ1n) is 7.08. The second kappa shape index (κ2) is 8.57.